The first-order valence-corrected chi connectivity index (χ1v) is 7.62. The molecule has 0 amide bonds. The second-order valence-corrected chi connectivity index (χ2v) is 5.86. The first-order valence-electron chi connectivity index (χ1n) is 6.47. The summed E-state index contributed by atoms with van der Waals surface area (Å²) in [6, 6.07) is 6.87. The van der Waals surface area contributed by atoms with E-state index in [1.165, 1.54) is 0 Å². The smallest absolute Gasteiger partial charge is 0.166 e. The average Bonchev–Trinajstić information content (AvgIpc) is 2.52. The maximum absolute atomic E-state index is 11.8. The molecule has 6 N–H and O–H groups in total. The monoisotopic (exact) mass is 332 g/mol. The predicted molar refractivity (Wildman–Crippen MR) is 80.3 cm³/mol. The number of aryl methyl sites for hydroxylation is 1. The number of hydrazone groups is 1. The normalized spacial score (nSPS) is 18.6. The summed E-state index contributed by atoms with van der Waals surface area (Å²) in [5.41, 5.74) is 1.01. The van der Waals surface area contributed by atoms with Crippen molar-refractivity contribution in [2.24, 2.45) is 5.10 Å². The number of aliphatic hydroxyl groups excluding tert-OH is 5. The molecular weight excluding hydrogens is 312 g/mol. The molecule has 1 aromatic rings. The number of rotatable bonds is 8. The molecule has 0 saturated heterocycles. The van der Waals surface area contributed by atoms with Crippen molar-refractivity contribution in [3.8, 4) is 0 Å². The van der Waals surface area contributed by atoms with Crippen LogP contribution in [0.5, 0.6) is 0 Å². The lowest BCUT2D eigenvalue weighted by molar-refractivity contribution is -0.0999. The Labute approximate surface area is 130 Å². The summed E-state index contributed by atoms with van der Waals surface area (Å²) in [6.45, 7) is 1.12. The van der Waals surface area contributed by atoms with Crippen molar-refractivity contribution in [2.45, 2.75) is 36.2 Å². The Morgan fingerprint density at radius 2 is 1.77 bits per heavy atom. The minimum absolute atomic E-state index is 0.480. The van der Waals surface area contributed by atoms with E-state index in [2.05, 4.69) is 9.93 Å². The highest BCUT2D eigenvalue weighted by Crippen LogP contribution is 2.07. The molecule has 22 heavy (non-hydrogen) atoms. The molecule has 5 atom stereocenters. The van der Waals surface area contributed by atoms with Gasteiger partial charge in [0, 0.05) is 0 Å². The van der Waals surface area contributed by atoms with Crippen LogP contribution < -0.4 is 4.83 Å². The fourth-order valence-corrected chi connectivity index (χ4v) is 2.14. The lowest BCUT2D eigenvalue weighted by atomic mass is 10.0. The van der Waals surface area contributed by atoms with Crippen LogP contribution in [-0.2, 0) is 11.0 Å². The molecule has 0 unspecified atom stereocenters. The van der Waals surface area contributed by atoms with E-state index in [1.807, 2.05) is 6.92 Å². The van der Waals surface area contributed by atoms with Crippen molar-refractivity contribution in [2.75, 3.05) is 6.61 Å². The molecule has 0 heterocycles. The van der Waals surface area contributed by atoms with Crippen LogP contribution in [0, 0.1) is 6.92 Å². The highest BCUT2D eigenvalue weighted by molar-refractivity contribution is 7.83. The quantitative estimate of drug-likeness (QED) is 0.241. The summed E-state index contributed by atoms with van der Waals surface area (Å²) in [5.74, 6) is 0. The van der Waals surface area contributed by atoms with Crippen molar-refractivity contribution in [1.29, 1.82) is 0 Å². The van der Waals surface area contributed by atoms with Gasteiger partial charge in [0.25, 0.3) is 0 Å². The minimum atomic E-state index is -1.75. The predicted octanol–water partition coefficient (Wildman–Crippen LogP) is -1.97. The topological polar surface area (TPSA) is 143 Å². The van der Waals surface area contributed by atoms with Gasteiger partial charge in [-0.2, -0.15) is 5.10 Å². The molecule has 0 fully saturated rings. The van der Waals surface area contributed by atoms with E-state index in [1.54, 1.807) is 24.3 Å². The Kier molecular flexibility index (Phi) is 7.59. The van der Waals surface area contributed by atoms with Crippen LogP contribution in [0.1, 0.15) is 5.56 Å². The molecule has 9 heteroatoms. The number of nitrogens with zero attached hydrogens (tertiary/aromatic N) is 1. The van der Waals surface area contributed by atoms with E-state index in [0.717, 1.165) is 11.8 Å². The molecular formula is C13H20N2O6S. The zero-order valence-corrected chi connectivity index (χ0v) is 12.7. The maximum atomic E-state index is 11.8. The highest BCUT2D eigenvalue weighted by atomic mass is 32.2. The number of aliphatic hydroxyl groups is 5. The second-order valence-electron chi connectivity index (χ2n) is 4.67. The second kappa shape index (κ2) is 8.93. The molecule has 124 valence electrons. The van der Waals surface area contributed by atoms with Gasteiger partial charge in [0.1, 0.15) is 24.4 Å². The highest BCUT2D eigenvalue weighted by Gasteiger charge is 2.29. The van der Waals surface area contributed by atoms with Gasteiger partial charge in [-0.25, -0.2) is 9.04 Å². The van der Waals surface area contributed by atoms with E-state index in [4.69, 9.17) is 10.2 Å². The molecule has 0 aliphatic carbocycles. The van der Waals surface area contributed by atoms with Crippen LogP contribution in [0.4, 0.5) is 0 Å². The zero-order chi connectivity index (χ0) is 16.7. The number of benzene rings is 1. The third-order valence-electron chi connectivity index (χ3n) is 2.88. The molecule has 0 spiro atoms. The molecule has 0 saturated carbocycles. The Bertz CT molecular complexity index is 510. The van der Waals surface area contributed by atoms with Gasteiger partial charge in [-0.3, -0.25) is 0 Å². The summed E-state index contributed by atoms with van der Waals surface area (Å²) in [6.07, 6.45) is -5.86. The summed E-state index contributed by atoms with van der Waals surface area (Å²) in [4.78, 5) is 2.74. The lowest BCUT2D eigenvalue weighted by Crippen LogP contribution is -2.46. The van der Waals surface area contributed by atoms with Gasteiger partial charge < -0.3 is 25.5 Å². The number of hydrogen-bond donors (Lipinski definition) is 6. The maximum Gasteiger partial charge on any atom is 0.166 e. The van der Waals surface area contributed by atoms with Crippen molar-refractivity contribution >= 4 is 17.2 Å². The van der Waals surface area contributed by atoms with Gasteiger partial charge in [-0.1, -0.05) is 17.7 Å². The largest absolute Gasteiger partial charge is 0.394 e. The van der Waals surface area contributed by atoms with Crippen LogP contribution in [0.25, 0.3) is 0 Å². The standard InChI is InChI=1S/C13H20N2O6S/c1-8-2-4-9(5-3-8)22(21)15-14-6-10(17)12(19)13(20)11(18)7-16/h2-6,10-13,15-20H,7H2,1H3/b14-6-/t10-,11+,12-,13+,22-/m0/s1. The number of hydrogen-bond acceptors (Lipinski definition) is 7. The van der Waals surface area contributed by atoms with E-state index >= 15 is 0 Å². The molecule has 8 nitrogen and oxygen atoms in total. The SMILES string of the molecule is Cc1ccc([S@](=O)N/N=C\[C@H](O)[C@H](O)[C@H](O)[C@H](O)CO)cc1. The van der Waals surface area contributed by atoms with Crippen LogP contribution in [0.15, 0.2) is 34.3 Å². The number of nitrogens with one attached hydrogen (secondary N) is 1. The third-order valence-corrected chi connectivity index (χ3v) is 3.85. The summed E-state index contributed by atoms with van der Waals surface area (Å²) in [5, 5.41) is 49.8. The van der Waals surface area contributed by atoms with Crippen molar-refractivity contribution in [1.82, 2.24) is 4.83 Å². The molecule has 0 aliphatic rings. The average molecular weight is 332 g/mol. The van der Waals surface area contributed by atoms with Crippen LogP contribution in [-0.4, -0.2) is 67.0 Å². The Balaban J connectivity index is 2.54. The van der Waals surface area contributed by atoms with Crippen LogP contribution in [0.2, 0.25) is 0 Å². The molecule has 1 rings (SSSR count). The summed E-state index contributed by atoms with van der Waals surface area (Å²) in [7, 11) is -1.63. The molecule has 0 bridgehead atoms. The van der Waals surface area contributed by atoms with Crippen LogP contribution in [0.3, 0.4) is 0 Å². The Hall–Kier alpha value is -1.36. The summed E-state index contributed by atoms with van der Waals surface area (Å²) < 4.78 is 11.8. The molecule has 0 aliphatic heterocycles. The fourth-order valence-electron chi connectivity index (χ4n) is 1.50. The van der Waals surface area contributed by atoms with E-state index < -0.39 is 42.0 Å². The van der Waals surface area contributed by atoms with Gasteiger partial charge in [0.05, 0.1) is 17.7 Å². The first kappa shape index (κ1) is 18.7. The Morgan fingerprint density at radius 1 is 1.18 bits per heavy atom. The van der Waals surface area contributed by atoms with Gasteiger partial charge >= 0.3 is 0 Å². The van der Waals surface area contributed by atoms with Gasteiger partial charge in [-0.05, 0) is 19.1 Å². The van der Waals surface area contributed by atoms with Crippen molar-refractivity contribution in [3.05, 3.63) is 29.8 Å². The summed E-state index contributed by atoms with van der Waals surface area (Å²) >= 11 is 0. The van der Waals surface area contributed by atoms with Crippen LogP contribution >= 0.6 is 0 Å². The van der Waals surface area contributed by atoms with Crippen molar-refractivity contribution in [3.63, 3.8) is 0 Å². The lowest BCUT2D eigenvalue weighted by Gasteiger charge is -2.23. The van der Waals surface area contributed by atoms with Gasteiger partial charge in [-0.15, -0.1) is 0 Å². The Morgan fingerprint density at radius 3 is 2.32 bits per heavy atom. The van der Waals surface area contributed by atoms with E-state index in [0.29, 0.717) is 4.90 Å². The van der Waals surface area contributed by atoms with Gasteiger partial charge in [0.15, 0.2) is 11.0 Å². The molecule has 0 radical (unpaired) electrons. The first-order chi connectivity index (χ1) is 10.4. The zero-order valence-electron chi connectivity index (χ0n) is 11.9. The van der Waals surface area contributed by atoms with Crippen molar-refractivity contribution < 1.29 is 29.7 Å². The van der Waals surface area contributed by atoms with E-state index in [-0.39, 0.29) is 0 Å². The van der Waals surface area contributed by atoms with Gasteiger partial charge in [0.2, 0.25) is 0 Å². The van der Waals surface area contributed by atoms with E-state index in [9.17, 15) is 19.5 Å². The minimum Gasteiger partial charge on any atom is -0.394 e. The molecule has 0 aromatic heterocycles. The fraction of sp³-hybridized carbons (Fsp3) is 0.462. The molecule has 1 aromatic carbocycles. The third kappa shape index (κ3) is 5.44.